The van der Waals surface area contributed by atoms with Gasteiger partial charge in [-0.3, -0.25) is 4.39 Å². The molecule has 2 heterocycles. The first kappa shape index (κ1) is 23.3. The lowest BCUT2D eigenvalue weighted by molar-refractivity contribution is 0.153. The molecule has 0 bridgehead atoms. The number of aryl methyl sites for hydroxylation is 1. The van der Waals surface area contributed by atoms with E-state index in [1.165, 1.54) is 24.3 Å². The van der Waals surface area contributed by atoms with Gasteiger partial charge in [-0.15, -0.1) is 0 Å². The zero-order valence-corrected chi connectivity index (χ0v) is 19.4. The number of ether oxygens (including phenoxy) is 1. The Morgan fingerprint density at radius 2 is 2.00 bits per heavy atom. The van der Waals surface area contributed by atoms with Gasteiger partial charge in [0.2, 0.25) is 5.89 Å². The Bertz CT molecular complexity index is 965. The van der Waals surface area contributed by atoms with Crippen molar-refractivity contribution in [2.45, 2.75) is 63.9 Å². The average Bonchev–Trinajstić information content (AvgIpc) is 3.23. The third-order valence-electron chi connectivity index (χ3n) is 6.55. The lowest BCUT2D eigenvalue weighted by Gasteiger charge is -2.30. The molecule has 10 heteroatoms. The first-order valence-electron chi connectivity index (χ1n) is 11.7. The summed E-state index contributed by atoms with van der Waals surface area (Å²) in [5.74, 6) is 7.97. The van der Waals surface area contributed by atoms with E-state index in [1.807, 2.05) is 19.1 Å². The topological polar surface area (TPSA) is 128 Å². The fourth-order valence-corrected chi connectivity index (χ4v) is 4.44. The molecular weight excluding hydrogens is 425 g/mol. The van der Waals surface area contributed by atoms with Crippen LogP contribution in [0.1, 0.15) is 68.1 Å². The summed E-state index contributed by atoms with van der Waals surface area (Å²) in [6.07, 6.45) is 7.63. The van der Waals surface area contributed by atoms with Crippen LogP contribution in [0.5, 0.6) is 5.75 Å². The second kappa shape index (κ2) is 10.4. The smallest absolute Gasteiger partial charge is 0.263 e. The van der Waals surface area contributed by atoms with Crippen molar-refractivity contribution in [2.75, 3.05) is 25.6 Å². The number of nitrogens with zero attached hydrogens (tertiary/aromatic N) is 4. The third kappa shape index (κ3) is 5.55. The number of nitrogens with one attached hydrogen (secondary N) is 1. The minimum absolute atomic E-state index is 0.106. The number of halogens is 1. The van der Waals surface area contributed by atoms with Gasteiger partial charge < -0.3 is 25.3 Å². The van der Waals surface area contributed by atoms with Gasteiger partial charge in [0.05, 0.1) is 42.1 Å². The lowest BCUT2D eigenvalue weighted by atomic mass is 9.75. The van der Waals surface area contributed by atoms with Gasteiger partial charge in [-0.1, -0.05) is 6.42 Å². The van der Waals surface area contributed by atoms with Crippen LogP contribution in [-0.2, 0) is 0 Å². The monoisotopic (exact) mass is 459 g/mol. The second-order valence-corrected chi connectivity index (χ2v) is 9.13. The predicted octanol–water partition coefficient (Wildman–Crippen LogP) is 3.49. The van der Waals surface area contributed by atoms with Crippen LogP contribution in [0.4, 0.5) is 10.3 Å². The summed E-state index contributed by atoms with van der Waals surface area (Å²) in [5.41, 5.74) is 8.94. The molecule has 0 aliphatic heterocycles. The Balaban J connectivity index is 1.41. The largest absolute Gasteiger partial charge is 0.489 e. The van der Waals surface area contributed by atoms with E-state index in [0.29, 0.717) is 28.9 Å². The molecule has 0 unspecified atom stereocenters. The molecule has 2 aromatic rings. The number of hydrazine groups is 1. The summed E-state index contributed by atoms with van der Waals surface area (Å²) < 4.78 is 24.2. The van der Waals surface area contributed by atoms with Crippen LogP contribution >= 0.6 is 0 Å². The van der Waals surface area contributed by atoms with E-state index in [0.717, 1.165) is 37.1 Å². The first-order chi connectivity index (χ1) is 15.9. The Kier molecular flexibility index (Phi) is 7.32. The van der Waals surface area contributed by atoms with Crippen LogP contribution in [0, 0.1) is 12.8 Å². The molecule has 5 N–H and O–H groups in total. The van der Waals surface area contributed by atoms with Gasteiger partial charge in [0.15, 0.2) is 0 Å². The van der Waals surface area contributed by atoms with Gasteiger partial charge in [0.25, 0.3) is 5.95 Å². The number of likely N-dealkylation sites (N-methyl/N-ethyl adjacent to an activating group) is 1. The molecule has 0 atom stereocenters. The standard InChI is InChI=1S/C23H34FN7O2/c1-14-20(32-17-6-4-3-5-7-17)9-8-18(28-14)21(25)19(31(2)26)13-27-23-29-22(33-30-23)16-10-15(11-16)12-24/h8-9,15-17H,3-7,10-13,25-26H2,1-2H3,(H,27,30)/b21-19-. The van der Waals surface area contributed by atoms with Crippen LogP contribution in [0.15, 0.2) is 22.4 Å². The molecule has 9 nitrogen and oxygen atoms in total. The van der Waals surface area contributed by atoms with Crippen LogP contribution in [-0.4, -0.2) is 46.5 Å². The normalized spacial score (nSPS) is 21.8. The van der Waals surface area contributed by atoms with E-state index < -0.39 is 0 Å². The molecule has 0 amide bonds. The van der Waals surface area contributed by atoms with Gasteiger partial charge in [-0.05, 0) is 68.7 Å². The fraction of sp³-hybridized carbons (Fsp3) is 0.609. The maximum absolute atomic E-state index is 12.7. The minimum atomic E-state index is -0.298. The molecule has 0 spiro atoms. The summed E-state index contributed by atoms with van der Waals surface area (Å²) in [6, 6.07) is 3.78. The van der Waals surface area contributed by atoms with Crippen LogP contribution < -0.4 is 21.6 Å². The summed E-state index contributed by atoms with van der Waals surface area (Å²) in [5, 5.41) is 8.52. The van der Waals surface area contributed by atoms with E-state index >= 15 is 0 Å². The SMILES string of the molecule is Cc1nc(/C(N)=C(\CNc2noc(C3CC(CF)C3)n2)N(C)N)ccc1OC1CCCCC1. The molecule has 2 aliphatic carbocycles. The maximum atomic E-state index is 12.7. The number of aromatic nitrogens is 3. The lowest BCUT2D eigenvalue weighted by Crippen LogP contribution is -2.32. The van der Waals surface area contributed by atoms with Crippen molar-refractivity contribution in [2.24, 2.45) is 17.5 Å². The van der Waals surface area contributed by atoms with E-state index in [-0.39, 0.29) is 31.2 Å². The molecule has 2 aromatic heterocycles. The Hall–Kier alpha value is -2.88. The van der Waals surface area contributed by atoms with Crippen LogP contribution in [0.3, 0.4) is 0 Å². The molecule has 4 rings (SSSR count). The molecule has 0 saturated heterocycles. The van der Waals surface area contributed by atoms with Crippen molar-refractivity contribution in [3.8, 4) is 5.75 Å². The number of nitrogens with two attached hydrogens (primary N) is 2. The molecule has 2 saturated carbocycles. The number of rotatable bonds is 9. The van der Waals surface area contributed by atoms with Crippen LogP contribution in [0.2, 0.25) is 0 Å². The van der Waals surface area contributed by atoms with E-state index in [4.69, 9.17) is 20.8 Å². The molecule has 2 fully saturated rings. The Morgan fingerprint density at radius 3 is 2.67 bits per heavy atom. The van der Waals surface area contributed by atoms with Gasteiger partial charge in [0, 0.05) is 13.0 Å². The highest BCUT2D eigenvalue weighted by Gasteiger charge is 2.34. The zero-order valence-electron chi connectivity index (χ0n) is 19.4. The number of anilines is 1. The first-order valence-corrected chi connectivity index (χ1v) is 11.7. The van der Waals surface area contributed by atoms with Crippen molar-refractivity contribution in [3.63, 3.8) is 0 Å². The van der Waals surface area contributed by atoms with Crippen molar-refractivity contribution in [1.82, 2.24) is 20.1 Å². The molecular formula is C23H34FN7O2. The summed E-state index contributed by atoms with van der Waals surface area (Å²) in [7, 11) is 1.71. The second-order valence-electron chi connectivity index (χ2n) is 9.13. The third-order valence-corrected chi connectivity index (χ3v) is 6.55. The highest BCUT2D eigenvalue weighted by molar-refractivity contribution is 5.64. The number of pyridine rings is 1. The molecule has 33 heavy (non-hydrogen) atoms. The number of hydrogen-bond donors (Lipinski definition) is 3. The van der Waals surface area contributed by atoms with Crippen molar-refractivity contribution < 1.29 is 13.7 Å². The fourth-order valence-electron chi connectivity index (χ4n) is 4.44. The zero-order chi connectivity index (χ0) is 23.4. The predicted molar refractivity (Wildman–Crippen MR) is 124 cm³/mol. The van der Waals surface area contributed by atoms with Gasteiger partial charge >= 0.3 is 0 Å². The van der Waals surface area contributed by atoms with E-state index in [1.54, 1.807) is 7.05 Å². The molecule has 0 aromatic carbocycles. The van der Waals surface area contributed by atoms with Gasteiger partial charge in [-0.25, -0.2) is 10.8 Å². The molecule has 0 radical (unpaired) electrons. The highest BCUT2D eigenvalue weighted by atomic mass is 19.1. The highest BCUT2D eigenvalue weighted by Crippen LogP contribution is 2.41. The van der Waals surface area contributed by atoms with Gasteiger partial charge in [-0.2, -0.15) is 4.98 Å². The molecule has 2 aliphatic rings. The number of hydrogen-bond acceptors (Lipinski definition) is 9. The van der Waals surface area contributed by atoms with Crippen molar-refractivity contribution in [3.05, 3.63) is 35.1 Å². The quantitative estimate of drug-likeness (QED) is 0.381. The maximum Gasteiger partial charge on any atom is 0.263 e. The minimum Gasteiger partial charge on any atom is -0.489 e. The summed E-state index contributed by atoms with van der Waals surface area (Å²) >= 11 is 0. The number of alkyl halides is 1. The summed E-state index contributed by atoms with van der Waals surface area (Å²) in [6.45, 7) is 1.91. The summed E-state index contributed by atoms with van der Waals surface area (Å²) in [4.78, 5) is 9.04. The average molecular weight is 460 g/mol. The van der Waals surface area contributed by atoms with E-state index in [2.05, 4.69) is 20.4 Å². The molecule has 180 valence electrons. The Morgan fingerprint density at radius 1 is 1.24 bits per heavy atom. The van der Waals surface area contributed by atoms with Gasteiger partial charge in [0.1, 0.15) is 5.75 Å². The van der Waals surface area contributed by atoms with Crippen molar-refractivity contribution in [1.29, 1.82) is 0 Å². The Labute approximate surface area is 193 Å². The van der Waals surface area contributed by atoms with E-state index in [9.17, 15) is 4.39 Å². The van der Waals surface area contributed by atoms with Crippen molar-refractivity contribution >= 4 is 11.6 Å². The van der Waals surface area contributed by atoms with Crippen LogP contribution in [0.25, 0.3) is 5.70 Å².